The summed E-state index contributed by atoms with van der Waals surface area (Å²) < 4.78 is 2.19. The third kappa shape index (κ3) is 4.19. The number of amides is 1. The Labute approximate surface area is 162 Å². The first kappa shape index (κ1) is 18.2. The molecule has 144 valence electrons. The predicted molar refractivity (Wildman–Crippen MR) is 105 cm³/mol. The zero-order valence-corrected chi connectivity index (χ0v) is 15.6. The molecule has 0 aliphatic carbocycles. The number of H-pyrrole nitrogens is 1. The molecule has 1 aromatic carbocycles. The molecule has 4 rings (SSSR count). The second kappa shape index (κ2) is 8.21. The summed E-state index contributed by atoms with van der Waals surface area (Å²) in [6.45, 7) is 0.780. The van der Waals surface area contributed by atoms with E-state index < -0.39 is 0 Å². The first-order chi connectivity index (χ1) is 13.7. The molecule has 1 unspecified atom stereocenters. The van der Waals surface area contributed by atoms with E-state index >= 15 is 0 Å². The normalized spacial score (nSPS) is 16.2. The van der Waals surface area contributed by atoms with Crippen molar-refractivity contribution < 1.29 is 4.79 Å². The molecule has 2 aromatic heterocycles. The number of carbonyl (C=O) groups is 1. The minimum atomic E-state index is -0.275. The molecule has 0 saturated heterocycles. The third-order valence-corrected chi connectivity index (χ3v) is 5.15. The van der Waals surface area contributed by atoms with Crippen molar-refractivity contribution in [1.82, 2.24) is 25.1 Å². The van der Waals surface area contributed by atoms with Crippen LogP contribution in [0.25, 0.3) is 0 Å². The molecule has 3 heterocycles. The first-order valence-corrected chi connectivity index (χ1v) is 9.64. The molecule has 3 aromatic rings. The fourth-order valence-electron chi connectivity index (χ4n) is 3.62. The fraction of sp³-hybridized carbons (Fsp3) is 0.333. The number of carbonyl (C=O) groups excluding carboxylic acids is 1. The molecule has 0 spiro atoms. The standard InChI is InChI=1S/C21H23N5O2/c27-20-8-4-7-17(23-20)21(28)22-16-10-12-19-25-24-18(26(19)14-13-16)11-9-15-5-2-1-3-6-15/h1-8,16H,9-14H2,(H,22,28)(H,23,27). The third-order valence-electron chi connectivity index (χ3n) is 5.15. The van der Waals surface area contributed by atoms with Crippen LogP contribution in [0.15, 0.2) is 53.3 Å². The highest BCUT2D eigenvalue weighted by Crippen LogP contribution is 2.17. The monoisotopic (exact) mass is 377 g/mol. The summed E-state index contributed by atoms with van der Waals surface area (Å²) in [4.78, 5) is 26.4. The van der Waals surface area contributed by atoms with Gasteiger partial charge in [0.2, 0.25) is 5.56 Å². The molecule has 0 fully saturated rings. The lowest BCUT2D eigenvalue weighted by molar-refractivity contribution is 0.0927. The van der Waals surface area contributed by atoms with Gasteiger partial charge in [-0.05, 0) is 30.9 Å². The van der Waals surface area contributed by atoms with Gasteiger partial charge in [-0.15, -0.1) is 10.2 Å². The lowest BCUT2D eigenvalue weighted by Crippen LogP contribution is -2.36. The lowest BCUT2D eigenvalue weighted by Gasteiger charge is -2.16. The Morgan fingerprint density at radius 2 is 1.93 bits per heavy atom. The number of benzene rings is 1. The van der Waals surface area contributed by atoms with Gasteiger partial charge in [0.15, 0.2) is 0 Å². The molecule has 1 amide bonds. The summed E-state index contributed by atoms with van der Waals surface area (Å²) in [5.41, 5.74) is 1.30. The van der Waals surface area contributed by atoms with Gasteiger partial charge in [0.05, 0.1) is 0 Å². The van der Waals surface area contributed by atoms with E-state index in [4.69, 9.17) is 0 Å². The van der Waals surface area contributed by atoms with Gasteiger partial charge in [-0.25, -0.2) is 0 Å². The van der Waals surface area contributed by atoms with Crippen LogP contribution < -0.4 is 10.9 Å². The number of aromatic amines is 1. The Morgan fingerprint density at radius 1 is 1.07 bits per heavy atom. The molecular formula is C21H23N5O2. The lowest BCUT2D eigenvalue weighted by atomic mass is 10.1. The van der Waals surface area contributed by atoms with E-state index in [9.17, 15) is 9.59 Å². The number of hydrogen-bond acceptors (Lipinski definition) is 4. The number of pyridine rings is 1. The molecule has 1 atom stereocenters. The molecule has 0 saturated carbocycles. The van der Waals surface area contributed by atoms with Crippen molar-refractivity contribution in [1.29, 1.82) is 0 Å². The van der Waals surface area contributed by atoms with Crippen LogP contribution in [-0.2, 0) is 25.8 Å². The maximum Gasteiger partial charge on any atom is 0.268 e. The Bertz CT molecular complexity index is 1010. The van der Waals surface area contributed by atoms with E-state index in [1.807, 2.05) is 18.2 Å². The Hall–Kier alpha value is -3.22. The summed E-state index contributed by atoms with van der Waals surface area (Å²) in [6.07, 6.45) is 4.17. The van der Waals surface area contributed by atoms with Crippen LogP contribution in [0.5, 0.6) is 0 Å². The summed E-state index contributed by atoms with van der Waals surface area (Å²) in [7, 11) is 0. The number of rotatable bonds is 5. The molecule has 7 heteroatoms. The summed E-state index contributed by atoms with van der Waals surface area (Å²) in [5.74, 6) is 1.73. The van der Waals surface area contributed by atoms with Gasteiger partial charge in [-0.1, -0.05) is 36.4 Å². The van der Waals surface area contributed by atoms with E-state index in [1.54, 1.807) is 12.1 Å². The van der Waals surface area contributed by atoms with Crippen molar-refractivity contribution in [3.05, 3.63) is 81.8 Å². The van der Waals surface area contributed by atoms with Crippen molar-refractivity contribution in [2.75, 3.05) is 0 Å². The zero-order chi connectivity index (χ0) is 19.3. The highest BCUT2D eigenvalue weighted by atomic mass is 16.2. The van der Waals surface area contributed by atoms with Crippen molar-refractivity contribution in [3.8, 4) is 0 Å². The van der Waals surface area contributed by atoms with Crippen LogP contribution in [0.1, 0.15) is 40.5 Å². The average molecular weight is 377 g/mol. The summed E-state index contributed by atoms with van der Waals surface area (Å²) in [5, 5.41) is 11.8. The first-order valence-electron chi connectivity index (χ1n) is 9.64. The summed E-state index contributed by atoms with van der Waals surface area (Å²) in [6, 6.07) is 15.0. The number of fused-ring (bicyclic) bond motifs is 1. The van der Waals surface area contributed by atoms with Gasteiger partial charge in [0.1, 0.15) is 17.3 Å². The molecule has 28 heavy (non-hydrogen) atoms. The van der Waals surface area contributed by atoms with Gasteiger partial charge in [0.25, 0.3) is 5.91 Å². The van der Waals surface area contributed by atoms with Crippen molar-refractivity contribution in [2.24, 2.45) is 0 Å². The fourth-order valence-corrected chi connectivity index (χ4v) is 3.62. The molecule has 7 nitrogen and oxygen atoms in total. The zero-order valence-electron chi connectivity index (χ0n) is 15.6. The van der Waals surface area contributed by atoms with E-state index in [0.717, 1.165) is 50.3 Å². The quantitative estimate of drug-likeness (QED) is 0.710. The average Bonchev–Trinajstić information content (AvgIpc) is 3.00. The molecule has 2 N–H and O–H groups in total. The molecule has 1 aliphatic rings. The van der Waals surface area contributed by atoms with Crippen LogP contribution in [-0.4, -0.2) is 31.7 Å². The second-order valence-corrected chi connectivity index (χ2v) is 7.10. The molecule has 0 radical (unpaired) electrons. The maximum absolute atomic E-state index is 12.4. The molecular weight excluding hydrogens is 354 g/mol. The van der Waals surface area contributed by atoms with Crippen LogP contribution in [0.2, 0.25) is 0 Å². The second-order valence-electron chi connectivity index (χ2n) is 7.10. The van der Waals surface area contributed by atoms with Crippen LogP contribution in [0.3, 0.4) is 0 Å². The number of hydrogen-bond donors (Lipinski definition) is 2. The smallest absolute Gasteiger partial charge is 0.268 e. The number of nitrogens with zero attached hydrogens (tertiary/aromatic N) is 3. The van der Waals surface area contributed by atoms with E-state index in [-0.39, 0.29) is 17.5 Å². The highest BCUT2D eigenvalue weighted by Gasteiger charge is 2.22. The maximum atomic E-state index is 12.4. The van der Waals surface area contributed by atoms with Gasteiger partial charge < -0.3 is 14.9 Å². The van der Waals surface area contributed by atoms with Crippen molar-refractivity contribution in [3.63, 3.8) is 0 Å². The largest absolute Gasteiger partial charge is 0.348 e. The van der Waals surface area contributed by atoms with E-state index in [1.165, 1.54) is 11.6 Å². The van der Waals surface area contributed by atoms with Crippen LogP contribution in [0, 0.1) is 0 Å². The Morgan fingerprint density at radius 3 is 2.75 bits per heavy atom. The molecule has 0 bridgehead atoms. The predicted octanol–water partition coefficient (Wildman–Crippen LogP) is 1.89. The Kier molecular flexibility index (Phi) is 5.32. The van der Waals surface area contributed by atoms with Gasteiger partial charge in [-0.2, -0.15) is 0 Å². The molecule has 1 aliphatic heterocycles. The Balaban J connectivity index is 1.38. The van der Waals surface area contributed by atoms with E-state index in [0.29, 0.717) is 5.69 Å². The summed E-state index contributed by atoms with van der Waals surface area (Å²) >= 11 is 0. The number of aryl methyl sites for hydroxylation is 3. The van der Waals surface area contributed by atoms with E-state index in [2.05, 4.69) is 37.2 Å². The number of aromatic nitrogens is 4. The van der Waals surface area contributed by atoms with Crippen LogP contribution >= 0.6 is 0 Å². The van der Waals surface area contributed by atoms with Crippen molar-refractivity contribution >= 4 is 5.91 Å². The SMILES string of the molecule is O=C(NC1CCc2nnc(CCc3ccccc3)n2CC1)c1cccc(=O)[nH]1. The highest BCUT2D eigenvalue weighted by molar-refractivity contribution is 5.92. The van der Waals surface area contributed by atoms with Crippen molar-refractivity contribution in [2.45, 2.75) is 44.7 Å². The minimum absolute atomic E-state index is 0.0416. The topological polar surface area (TPSA) is 92.7 Å². The van der Waals surface area contributed by atoms with Crippen LogP contribution in [0.4, 0.5) is 0 Å². The van der Waals surface area contributed by atoms with Gasteiger partial charge in [0, 0.05) is 31.5 Å². The number of nitrogens with one attached hydrogen (secondary N) is 2. The van der Waals surface area contributed by atoms with Gasteiger partial charge in [-0.3, -0.25) is 9.59 Å². The minimum Gasteiger partial charge on any atom is -0.348 e. The van der Waals surface area contributed by atoms with Gasteiger partial charge >= 0.3 is 0 Å².